The summed E-state index contributed by atoms with van der Waals surface area (Å²) in [4.78, 5) is 6.17. The highest BCUT2D eigenvalue weighted by Gasteiger charge is 2.20. The molecule has 0 aliphatic carbocycles. The van der Waals surface area contributed by atoms with Crippen molar-refractivity contribution >= 4 is 34.4 Å². The third-order valence-corrected chi connectivity index (χ3v) is 7.67. The van der Waals surface area contributed by atoms with Crippen LogP contribution in [-0.4, -0.2) is 19.7 Å². The molecule has 0 saturated carbocycles. The lowest BCUT2D eigenvalue weighted by Crippen LogP contribution is -2.05. The topological polar surface area (TPSA) is 43.6 Å². The van der Waals surface area contributed by atoms with Crippen LogP contribution in [0.15, 0.2) is 46.2 Å². The number of nitrogens with zero attached hydrogens (tertiary/aromatic N) is 4. The highest BCUT2D eigenvalue weighted by molar-refractivity contribution is 7.98. The van der Waals surface area contributed by atoms with Crippen LogP contribution in [0, 0.1) is 6.92 Å². The average Bonchev–Trinajstić information content (AvgIpc) is 3.44. The Bertz CT molecular complexity index is 1090. The smallest absolute Gasteiger partial charge is 0.192 e. The number of benzene rings is 1. The normalized spacial score (nSPS) is 11.5. The van der Waals surface area contributed by atoms with Crippen molar-refractivity contribution in [2.75, 3.05) is 0 Å². The SMILES string of the molecule is CCc1c(-c2nnc(SCc3csc(-c4ccccc4)n3)n2C(C)C)csc1C. The Balaban J connectivity index is 1.57. The van der Waals surface area contributed by atoms with Crippen molar-refractivity contribution in [2.24, 2.45) is 0 Å². The van der Waals surface area contributed by atoms with Gasteiger partial charge in [-0.3, -0.25) is 4.57 Å². The maximum absolute atomic E-state index is 4.81. The van der Waals surface area contributed by atoms with Crippen molar-refractivity contribution in [1.82, 2.24) is 19.7 Å². The van der Waals surface area contributed by atoms with Crippen molar-refractivity contribution in [3.8, 4) is 22.0 Å². The molecule has 0 radical (unpaired) electrons. The minimum Gasteiger partial charge on any atom is -0.299 e. The Kier molecular flexibility index (Phi) is 6.18. The van der Waals surface area contributed by atoms with Crippen molar-refractivity contribution in [3.63, 3.8) is 0 Å². The number of thiophene rings is 1. The molecule has 0 aliphatic rings. The molecule has 3 aromatic heterocycles. The lowest BCUT2D eigenvalue weighted by atomic mass is 10.1. The van der Waals surface area contributed by atoms with Crippen molar-refractivity contribution < 1.29 is 0 Å². The van der Waals surface area contributed by atoms with Gasteiger partial charge in [-0.25, -0.2) is 4.98 Å². The fraction of sp³-hybridized carbons (Fsp3) is 0.318. The molecule has 150 valence electrons. The van der Waals surface area contributed by atoms with Crippen LogP contribution in [-0.2, 0) is 12.2 Å². The second-order valence-electron chi connectivity index (χ2n) is 7.11. The van der Waals surface area contributed by atoms with Gasteiger partial charge in [-0.05, 0) is 32.8 Å². The molecule has 0 bridgehead atoms. The summed E-state index contributed by atoms with van der Waals surface area (Å²) < 4.78 is 2.26. The molecule has 1 aromatic carbocycles. The number of hydrogen-bond donors (Lipinski definition) is 0. The van der Waals surface area contributed by atoms with E-state index in [9.17, 15) is 0 Å². The summed E-state index contributed by atoms with van der Waals surface area (Å²) in [5.74, 6) is 1.77. The number of thiazole rings is 1. The van der Waals surface area contributed by atoms with Gasteiger partial charge in [-0.15, -0.1) is 32.9 Å². The summed E-state index contributed by atoms with van der Waals surface area (Å²) in [5, 5.41) is 15.5. The van der Waals surface area contributed by atoms with Gasteiger partial charge in [-0.2, -0.15) is 0 Å². The van der Waals surface area contributed by atoms with Crippen LogP contribution in [0.25, 0.3) is 22.0 Å². The molecule has 4 nitrogen and oxygen atoms in total. The lowest BCUT2D eigenvalue weighted by molar-refractivity contribution is 0.555. The maximum Gasteiger partial charge on any atom is 0.192 e. The Hall–Kier alpha value is -1.96. The van der Waals surface area contributed by atoms with E-state index in [2.05, 4.69) is 77.5 Å². The monoisotopic (exact) mass is 440 g/mol. The number of aromatic nitrogens is 4. The van der Waals surface area contributed by atoms with E-state index in [1.807, 2.05) is 6.07 Å². The molecule has 0 unspecified atom stereocenters. The molecule has 3 heterocycles. The third kappa shape index (κ3) is 4.17. The highest BCUT2D eigenvalue weighted by atomic mass is 32.2. The largest absolute Gasteiger partial charge is 0.299 e. The second-order valence-corrected chi connectivity index (χ2v) is 9.99. The first-order valence-electron chi connectivity index (χ1n) is 9.73. The molecule has 0 saturated heterocycles. The van der Waals surface area contributed by atoms with Gasteiger partial charge in [0.2, 0.25) is 0 Å². The summed E-state index contributed by atoms with van der Waals surface area (Å²) in [6.07, 6.45) is 1.01. The zero-order valence-corrected chi connectivity index (χ0v) is 19.5. The van der Waals surface area contributed by atoms with E-state index < -0.39 is 0 Å². The fourth-order valence-electron chi connectivity index (χ4n) is 3.36. The van der Waals surface area contributed by atoms with Crippen LogP contribution in [0.1, 0.15) is 42.9 Å². The van der Waals surface area contributed by atoms with Gasteiger partial charge in [0.1, 0.15) is 5.01 Å². The van der Waals surface area contributed by atoms with E-state index in [0.717, 1.165) is 33.9 Å². The first-order chi connectivity index (χ1) is 14.1. The van der Waals surface area contributed by atoms with E-state index in [-0.39, 0.29) is 0 Å². The summed E-state index contributed by atoms with van der Waals surface area (Å²) in [5.41, 5.74) is 4.86. The summed E-state index contributed by atoms with van der Waals surface area (Å²) in [6, 6.07) is 10.6. The van der Waals surface area contributed by atoms with Crippen LogP contribution in [0.5, 0.6) is 0 Å². The molecule has 0 fully saturated rings. The van der Waals surface area contributed by atoms with Crippen molar-refractivity contribution in [3.05, 3.63) is 57.2 Å². The van der Waals surface area contributed by atoms with Gasteiger partial charge in [0, 0.05) is 38.6 Å². The summed E-state index contributed by atoms with van der Waals surface area (Å²) in [7, 11) is 0. The number of hydrogen-bond acceptors (Lipinski definition) is 6. The van der Waals surface area contributed by atoms with Crippen molar-refractivity contribution in [1.29, 1.82) is 0 Å². The predicted molar refractivity (Wildman–Crippen MR) is 125 cm³/mol. The quantitative estimate of drug-likeness (QED) is 0.294. The van der Waals surface area contributed by atoms with E-state index in [4.69, 9.17) is 4.98 Å². The molecule has 0 amide bonds. The molecule has 29 heavy (non-hydrogen) atoms. The zero-order chi connectivity index (χ0) is 20.4. The van der Waals surface area contributed by atoms with Gasteiger partial charge >= 0.3 is 0 Å². The molecule has 0 atom stereocenters. The molecule has 0 aliphatic heterocycles. The van der Waals surface area contributed by atoms with E-state index in [1.165, 1.54) is 21.6 Å². The second kappa shape index (κ2) is 8.81. The molecular weight excluding hydrogens is 416 g/mol. The van der Waals surface area contributed by atoms with Gasteiger partial charge in [0.15, 0.2) is 11.0 Å². The fourth-order valence-corrected chi connectivity index (χ4v) is 6.19. The van der Waals surface area contributed by atoms with E-state index in [1.54, 1.807) is 34.4 Å². The average molecular weight is 441 g/mol. The highest BCUT2D eigenvalue weighted by Crippen LogP contribution is 2.35. The van der Waals surface area contributed by atoms with Gasteiger partial charge in [0.25, 0.3) is 0 Å². The number of thioether (sulfide) groups is 1. The number of aryl methyl sites for hydroxylation is 1. The van der Waals surface area contributed by atoms with Crippen LogP contribution in [0.3, 0.4) is 0 Å². The lowest BCUT2D eigenvalue weighted by Gasteiger charge is -2.14. The maximum atomic E-state index is 4.81. The van der Waals surface area contributed by atoms with Crippen LogP contribution in [0.2, 0.25) is 0 Å². The van der Waals surface area contributed by atoms with E-state index >= 15 is 0 Å². The van der Waals surface area contributed by atoms with Crippen LogP contribution < -0.4 is 0 Å². The molecule has 4 aromatic rings. The number of rotatable bonds is 7. The Morgan fingerprint density at radius 3 is 2.59 bits per heavy atom. The predicted octanol–water partition coefficient (Wildman–Crippen LogP) is 6.87. The van der Waals surface area contributed by atoms with Gasteiger partial charge < -0.3 is 0 Å². The van der Waals surface area contributed by atoms with Gasteiger partial charge in [-0.1, -0.05) is 49.0 Å². The molecule has 4 rings (SSSR count). The standard InChI is InChI=1S/C22H24N4S3/c1-5-18-15(4)27-13-19(18)20-24-25-22(26(20)14(2)3)29-12-17-11-28-21(23-17)16-9-7-6-8-10-16/h6-11,13-14H,5,12H2,1-4H3. The summed E-state index contributed by atoms with van der Waals surface area (Å²) >= 11 is 5.20. The Morgan fingerprint density at radius 2 is 1.86 bits per heavy atom. The first kappa shape index (κ1) is 20.3. The molecule has 0 N–H and O–H groups in total. The first-order valence-corrected chi connectivity index (χ1v) is 12.5. The minimum absolute atomic E-state index is 0.294. The van der Waals surface area contributed by atoms with Crippen LogP contribution in [0.4, 0.5) is 0 Å². The van der Waals surface area contributed by atoms with Crippen molar-refractivity contribution in [2.45, 2.75) is 51.1 Å². The summed E-state index contributed by atoms with van der Waals surface area (Å²) in [6.45, 7) is 8.78. The molecular formula is C22H24N4S3. The Morgan fingerprint density at radius 1 is 1.07 bits per heavy atom. The van der Waals surface area contributed by atoms with E-state index in [0.29, 0.717) is 6.04 Å². The minimum atomic E-state index is 0.294. The molecule has 0 spiro atoms. The molecule has 7 heteroatoms. The van der Waals surface area contributed by atoms with Crippen LogP contribution >= 0.6 is 34.4 Å². The zero-order valence-electron chi connectivity index (χ0n) is 17.0. The third-order valence-electron chi connectivity index (χ3n) is 4.80. The Labute approximate surface area is 184 Å². The van der Waals surface area contributed by atoms with Gasteiger partial charge in [0.05, 0.1) is 5.69 Å².